The first-order valence-electron chi connectivity index (χ1n) is 4.99. The van der Waals surface area contributed by atoms with E-state index in [1.807, 2.05) is 32.9 Å². The van der Waals surface area contributed by atoms with Crippen LogP contribution in [0, 0.1) is 6.92 Å². The monoisotopic (exact) mass is 205 g/mol. The summed E-state index contributed by atoms with van der Waals surface area (Å²) in [5.74, 6) is -0.892. The molecule has 0 aliphatic heterocycles. The van der Waals surface area contributed by atoms with E-state index in [4.69, 9.17) is 5.11 Å². The Hall–Kier alpha value is -1.77. The number of aromatic carboxylic acids is 1. The molecule has 0 atom stereocenters. The molecule has 0 bridgehead atoms. The molecule has 0 saturated carbocycles. The molecule has 2 N–H and O–H groups in total. The van der Waals surface area contributed by atoms with Crippen molar-refractivity contribution in [3.05, 3.63) is 35.5 Å². The fourth-order valence-electron chi connectivity index (χ4n) is 1.49. The minimum Gasteiger partial charge on any atom is -0.478 e. The normalized spacial score (nSPS) is 9.53. The zero-order valence-corrected chi connectivity index (χ0v) is 9.16. The molecule has 2 aromatic rings. The summed E-state index contributed by atoms with van der Waals surface area (Å²) in [4.78, 5) is 13.8. The maximum atomic E-state index is 10.8. The third-order valence-electron chi connectivity index (χ3n) is 2.03. The average molecular weight is 205 g/mol. The lowest BCUT2D eigenvalue weighted by Crippen LogP contribution is -1.97. The van der Waals surface area contributed by atoms with Crippen LogP contribution in [0.25, 0.3) is 10.9 Å². The number of carboxylic acids is 1. The zero-order chi connectivity index (χ0) is 11.4. The summed E-state index contributed by atoms with van der Waals surface area (Å²) in [5, 5.41) is 9.85. The minimum absolute atomic E-state index is 0.333. The van der Waals surface area contributed by atoms with E-state index in [9.17, 15) is 4.79 Å². The molecule has 1 aromatic carbocycles. The first-order chi connectivity index (χ1) is 7.18. The summed E-state index contributed by atoms with van der Waals surface area (Å²) < 4.78 is 0. The lowest BCUT2D eigenvalue weighted by atomic mass is 10.1. The van der Waals surface area contributed by atoms with Crippen LogP contribution in [0.3, 0.4) is 0 Å². The number of hydrogen-bond acceptors (Lipinski definition) is 1. The van der Waals surface area contributed by atoms with E-state index in [1.54, 1.807) is 12.3 Å². The van der Waals surface area contributed by atoms with Crippen LogP contribution >= 0.6 is 0 Å². The number of benzene rings is 1. The number of aromatic amines is 1. The highest BCUT2D eigenvalue weighted by Gasteiger charge is 2.09. The summed E-state index contributed by atoms with van der Waals surface area (Å²) in [6.07, 6.45) is 1.75. The molecule has 0 radical (unpaired) electrons. The number of fused-ring (bicyclic) bond motifs is 1. The van der Waals surface area contributed by atoms with Gasteiger partial charge < -0.3 is 10.1 Å². The second-order valence-electron chi connectivity index (χ2n) is 3.06. The first-order valence-corrected chi connectivity index (χ1v) is 4.99. The Labute approximate surface area is 88.7 Å². The summed E-state index contributed by atoms with van der Waals surface area (Å²) in [5.41, 5.74) is 1.99. The van der Waals surface area contributed by atoms with E-state index < -0.39 is 5.97 Å². The minimum atomic E-state index is -0.892. The van der Waals surface area contributed by atoms with Gasteiger partial charge in [-0.15, -0.1) is 0 Å². The molecule has 2 rings (SSSR count). The third kappa shape index (κ3) is 2.18. The third-order valence-corrected chi connectivity index (χ3v) is 2.03. The van der Waals surface area contributed by atoms with Gasteiger partial charge in [-0.3, -0.25) is 0 Å². The Kier molecular flexibility index (Phi) is 3.50. The predicted octanol–water partition coefficient (Wildman–Crippen LogP) is 3.20. The highest BCUT2D eigenvalue weighted by molar-refractivity contribution is 6.02. The van der Waals surface area contributed by atoms with Gasteiger partial charge >= 0.3 is 5.97 Å². The molecular weight excluding hydrogens is 190 g/mol. The van der Waals surface area contributed by atoms with E-state index in [2.05, 4.69) is 4.98 Å². The predicted molar refractivity (Wildman–Crippen MR) is 61.3 cm³/mol. The SMILES string of the molecule is CC.Cc1cc(C(=O)O)c2[nH]ccc2c1. The molecule has 0 aliphatic carbocycles. The number of carboxylic acid groups (broad SMARTS) is 1. The molecule has 0 spiro atoms. The quantitative estimate of drug-likeness (QED) is 0.751. The number of H-pyrrole nitrogens is 1. The smallest absolute Gasteiger partial charge is 0.337 e. The van der Waals surface area contributed by atoms with Gasteiger partial charge in [0, 0.05) is 11.6 Å². The van der Waals surface area contributed by atoms with Gasteiger partial charge in [-0.05, 0) is 30.7 Å². The largest absolute Gasteiger partial charge is 0.478 e. The maximum Gasteiger partial charge on any atom is 0.337 e. The van der Waals surface area contributed by atoms with Crippen molar-refractivity contribution in [1.82, 2.24) is 4.98 Å². The molecule has 3 heteroatoms. The first kappa shape index (κ1) is 11.3. The molecule has 1 aromatic heterocycles. The second-order valence-corrected chi connectivity index (χ2v) is 3.06. The highest BCUT2D eigenvalue weighted by atomic mass is 16.4. The van der Waals surface area contributed by atoms with E-state index >= 15 is 0 Å². The fourth-order valence-corrected chi connectivity index (χ4v) is 1.49. The van der Waals surface area contributed by atoms with Crippen LogP contribution < -0.4 is 0 Å². The van der Waals surface area contributed by atoms with Crippen LogP contribution in [-0.2, 0) is 0 Å². The fraction of sp³-hybridized carbons (Fsp3) is 0.250. The van der Waals surface area contributed by atoms with Gasteiger partial charge in [-0.1, -0.05) is 13.8 Å². The Bertz CT molecular complexity index is 471. The van der Waals surface area contributed by atoms with Crippen LogP contribution in [0.4, 0.5) is 0 Å². The van der Waals surface area contributed by atoms with E-state index in [0.717, 1.165) is 10.9 Å². The van der Waals surface area contributed by atoms with Crippen molar-refractivity contribution in [1.29, 1.82) is 0 Å². The van der Waals surface area contributed by atoms with Crippen molar-refractivity contribution in [2.24, 2.45) is 0 Å². The van der Waals surface area contributed by atoms with Gasteiger partial charge in [0.05, 0.1) is 11.1 Å². The second kappa shape index (κ2) is 4.64. The Morgan fingerprint density at radius 3 is 2.60 bits per heavy atom. The number of hydrogen-bond donors (Lipinski definition) is 2. The van der Waals surface area contributed by atoms with Crippen molar-refractivity contribution >= 4 is 16.9 Å². The molecule has 80 valence electrons. The lowest BCUT2D eigenvalue weighted by Gasteiger charge is -1.99. The summed E-state index contributed by atoms with van der Waals surface area (Å²) in [6, 6.07) is 5.49. The topological polar surface area (TPSA) is 53.1 Å². The molecule has 0 fully saturated rings. The van der Waals surface area contributed by atoms with Gasteiger partial charge in [0.2, 0.25) is 0 Å². The summed E-state index contributed by atoms with van der Waals surface area (Å²) >= 11 is 0. The Morgan fingerprint density at radius 1 is 1.33 bits per heavy atom. The van der Waals surface area contributed by atoms with Crippen LogP contribution in [0.1, 0.15) is 29.8 Å². The van der Waals surface area contributed by atoms with Crippen molar-refractivity contribution in [2.45, 2.75) is 20.8 Å². The average Bonchev–Trinajstić information content (AvgIpc) is 2.67. The number of aryl methyl sites for hydroxylation is 1. The van der Waals surface area contributed by atoms with Crippen LogP contribution in [0.15, 0.2) is 24.4 Å². The van der Waals surface area contributed by atoms with Crippen molar-refractivity contribution in [3.8, 4) is 0 Å². The summed E-state index contributed by atoms with van der Waals surface area (Å²) in [7, 11) is 0. The van der Waals surface area contributed by atoms with Gasteiger partial charge in [0.1, 0.15) is 0 Å². The van der Waals surface area contributed by atoms with Crippen molar-refractivity contribution in [2.75, 3.05) is 0 Å². The molecule has 15 heavy (non-hydrogen) atoms. The molecule has 0 aliphatic rings. The molecule has 0 unspecified atom stereocenters. The van der Waals surface area contributed by atoms with Crippen LogP contribution in [0.2, 0.25) is 0 Å². The van der Waals surface area contributed by atoms with Gasteiger partial charge in [0.25, 0.3) is 0 Å². The standard InChI is InChI=1S/C10H9NO2.C2H6/c1-6-4-7-2-3-11-9(7)8(5-6)10(12)13;1-2/h2-5,11H,1H3,(H,12,13);1-2H3. The molecular formula is C12H15NO2. The van der Waals surface area contributed by atoms with Gasteiger partial charge in [0.15, 0.2) is 0 Å². The Balaban J connectivity index is 0.000000531. The summed E-state index contributed by atoms with van der Waals surface area (Å²) in [6.45, 7) is 5.89. The number of nitrogens with one attached hydrogen (secondary N) is 1. The molecule has 0 saturated heterocycles. The Morgan fingerprint density at radius 2 is 2.00 bits per heavy atom. The maximum absolute atomic E-state index is 10.8. The lowest BCUT2D eigenvalue weighted by molar-refractivity contribution is 0.0698. The molecule has 0 amide bonds. The van der Waals surface area contributed by atoms with Gasteiger partial charge in [-0.25, -0.2) is 4.79 Å². The van der Waals surface area contributed by atoms with Crippen molar-refractivity contribution in [3.63, 3.8) is 0 Å². The number of carbonyl (C=O) groups is 1. The molecule has 3 nitrogen and oxygen atoms in total. The van der Waals surface area contributed by atoms with Crippen LogP contribution in [0.5, 0.6) is 0 Å². The van der Waals surface area contributed by atoms with Crippen LogP contribution in [-0.4, -0.2) is 16.1 Å². The van der Waals surface area contributed by atoms with E-state index in [0.29, 0.717) is 11.1 Å². The zero-order valence-electron chi connectivity index (χ0n) is 9.16. The van der Waals surface area contributed by atoms with Crippen molar-refractivity contribution < 1.29 is 9.90 Å². The number of aromatic nitrogens is 1. The molecule has 1 heterocycles. The van der Waals surface area contributed by atoms with E-state index in [-0.39, 0.29) is 0 Å². The number of rotatable bonds is 1. The van der Waals surface area contributed by atoms with Gasteiger partial charge in [-0.2, -0.15) is 0 Å². The van der Waals surface area contributed by atoms with E-state index in [1.165, 1.54) is 0 Å². The highest BCUT2D eigenvalue weighted by Crippen LogP contribution is 2.19.